The van der Waals surface area contributed by atoms with E-state index in [-0.39, 0.29) is 11.3 Å². The third-order valence-corrected chi connectivity index (χ3v) is 3.53. The van der Waals surface area contributed by atoms with E-state index in [1.54, 1.807) is 7.11 Å². The van der Waals surface area contributed by atoms with E-state index in [0.717, 1.165) is 18.4 Å². The van der Waals surface area contributed by atoms with Crippen LogP contribution in [0.15, 0.2) is 18.2 Å². The summed E-state index contributed by atoms with van der Waals surface area (Å²) >= 11 is 0. The zero-order valence-electron chi connectivity index (χ0n) is 13.8. The van der Waals surface area contributed by atoms with Crippen molar-refractivity contribution in [2.75, 3.05) is 12.4 Å². The highest BCUT2D eigenvalue weighted by atomic mass is 16.5. The Labute approximate surface area is 128 Å². The molecule has 1 aromatic rings. The van der Waals surface area contributed by atoms with Crippen molar-refractivity contribution in [3.63, 3.8) is 0 Å². The second-order valence-electron chi connectivity index (χ2n) is 6.40. The average Bonchev–Trinajstić information content (AvgIpc) is 2.43. The molecule has 0 bridgehead atoms. The van der Waals surface area contributed by atoms with Gasteiger partial charge < -0.3 is 15.8 Å². The Hall–Kier alpha value is -1.55. The number of hydrogen-bond acceptors (Lipinski definition) is 3. The fourth-order valence-corrected chi connectivity index (χ4v) is 2.05. The second-order valence-corrected chi connectivity index (χ2v) is 6.40. The molecule has 1 rings (SSSR count). The number of carbonyl (C=O) groups excluding carboxylic acids is 1. The fraction of sp³-hybridized carbons (Fsp3) is 0.588. The summed E-state index contributed by atoms with van der Waals surface area (Å²) in [6, 6.07) is 5.38. The topological polar surface area (TPSA) is 64.4 Å². The third-order valence-electron chi connectivity index (χ3n) is 3.53. The van der Waals surface area contributed by atoms with Gasteiger partial charge in [0.2, 0.25) is 5.91 Å². The summed E-state index contributed by atoms with van der Waals surface area (Å²) < 4.78 is 5.32. The molecule has 0 aliphatic heterocycles. The van der Waals surface area contributed by atoms with E-state index in [2.05, 4.69) is 33.0 Å². The summed E-state index contributed by atoms with van der Waals surface area (Å²) in [5.41, 5.74) is 7.75. The number of unbranched alkanes of at least 4 members (excludes halogenated alkanes) is 1. The third kappa shape index (κ3) is 5.05. The molecule has 0 heterocycles. The standard InChI is InChI=1S/C17H28N2O2/c1-6-7-8-13(18)16(20)19-14-11-12(17(2,3)4)9-10-15(14)21-5/h9-11,13H,6-8,18H2,1-5H3,(H,19,20)/t13-/m0/s1. The zero-order chi connectivity index (χ0) is 16.0. The number of rotatable bonds is 6. The lowest BCUT2D eigenvalue weighted by Gasteiger charge is -2.22. The molecule has 0 saturated carbocycles. The van der Waals surface area contributed by atoms with E-state index in [4.69, 9.17) is 10.5 Å². The van der Waals surface area contributed by atoms with Gasteiger partial charge in [0.25, 0.3) is 0 Å². The summed E-state index contributed by atoms with van der Waals surface area (Å²) in [5, 5.41) is 2.89. The van der Waals surface area contributed by atoms with Gasteiger partial charge in [0.15, 0.2) is 0 Å². The van der Waals surface area contributed by atoms with Gasteiger partial charge in [0.05, 0.1) is 18.8 Å². The number of nitrogens with two attached hydrogens (primary N) is 1. The molecule has 4 nitrogen and oxygen atoms in total. The highest BCUT2D eigenvalue weighted by Gasteiger charge is 2.19. The minimum Gasteiger partial charge on any atom is -0.495 e. The Kier molecular flexibility index (Phi) is 6.21. The van der Waals surface area contributed by atoms with Crippen molar-refractivity contribution in [2.24, 2.45) is 5.73 Å². The molecule has 0 radical (unpaired) electrons. The number of ether oxygens (including phenoxy) is 1. The SMILES string of the molecule is CCCC[C@H](N)C(=O)Nc1cc(C(C)(C)C)ccc1OC. The maximum absolute atomic E-state index is 12.2. The van der Waals surface area contributed by atoms with Crippen LogP contribution in [-0.2, 0) is 10.2 Å². The van der Waals surface area contributed by atoms with E-state index < -0.39 is 6.04 Å². The molecule has 0 aliphatic rings. The zero-order valence-corrected chi connectivity index (χ0v) is 13.8. The first-order chi connectivity index (χ1) is 9.79. The molecule has 118 valence electrons. The minimum absolute atomic E-state index is 0.01000. The second kappa shape index (κ2) is 7.46. The Balaban J connectivity index is 2.92. The predicted octanol–water partition coefficient (Wildman–Crippen LogP) is 3.45. The van der Waals surface area contributed by atoms with Crippen molar-refractivity contribution in [3.8, 4) is 5.75 Å². The number of carbonyl (C=O) groups is 1. The van der Waals surface area contributed by atoms with Crippen molar-refractivity contribution >= 4 is 11.6 Å². The monoisotopic (exact) mass is 292 g/mol. The number of nitrogens with one attached hydrogen (secondary N) is 1. The summed E-state index contributed by atoms with van der Waals surface area (Å²) in [6.45, 7) is 8.48. The highest BCUT2D eigenvalue weighted by molar-refractivity contribution is 5.96. The molecule has 1 aromatic carbocycles. The Morgan fingerprint density at radius 1 is 1.38 bits per heavy atom. The van der Waals surface area contributed by atoms with Crippen LogP contribution in [0.2, 0.25) is 0 Å². The largest absolute Gasteiger partial charge is 0.495 e. The van der Waals surface area contributed by atoms with Crippen molar-refractivity contribution in [3.05, 3.63) is 23.8 Å². The molecule has 1 atom stereocenters. The van der Waals surface area contributed by atoms with Gasteiger partial charge >= 0.3 is 0 Å². The summed E-state index contributed by atoms with van der Waals surface area (Å²) in [7, 11) is 1.60. The maximum atomic E-state index is 12.2. The predicted molar refractivity (Wildman–Crippen MR) is 87.8 cm³/mol. The van der Waals surface area contributed by atoms with Gasteiger partial charge in [-0.15, -0.1) is 0 Å². The van der Waals surface area contributed by atoms with Crippen LogP contribution in [0.3, 0.4) is 0 Å². The first-order valence-corrected chi connectivity index (χ1v) is 7.54. The molecule has 0 fully saturated rings. The van der Waals surface area contributed by atoms with Crippen molar-refractivity contribution < 1.29 is 9.53 Å². The lowest BCUT2D eigenvalue weighted by atomic mass is 9.87. The van der Waals surface area contributed by atoms with E-state index >= 15 is 0 Å². The lowest BCUT2D eigenvalue weighted by molar-refractivity contribution is -0.117. The number of anilines is 1. The Morgan fingerprint density at radius 3 is 2.57 bits per heavy atom. The Morgan fingerprint density at radius 2 is 2.05 bits per heavy atom. The molecular weight excluding hydrogens is 264 g/mol. The smallest absolute Gasteiger partial charge is 0.241 e. The van der Waals surface area contributed by atoms with E-state index in [1.807, 2.05) is 18.2 Å². The normalized spacial score (nSPS) is 12.9. The van der Waals surface area contributed by atoms with Crippen LogP contribution in [0.25, 0.3) is 0 Å². The van der Waals surface area contributed by atoms with Crippen LogP contribution in [0, 0.1) is 0 Å². The van der Waals surface area contributed by atoms with Crippen LogP contribution >= 0.6 is 0 Å². The molecule has 3 N–H and O–H groups in total. The minimum atomic E-state index is -0.479. The molecule has 0 aliphatic carbocycles. The van der Waals surface area contributed by atoms with Gasteiger partial charge in [-0.3, -0.25) is 4.79 Å². The molecule has 0 spiro atoms. The highest BCUT2D eigenvalue weighted by Crippen LogP contribution is 2.31. The van der Waals surface area contributed by atoms with Gasteiger partial charge in [-0.05, 0) is 29.5 Å². The number of methoxy groups -OCH3 is 1. The summed E-state index contributed by atoms with van der Waals surface area (Å²) in [6.07, 6.45) is 2.68. The van der Waals surface area contributed by atoms with Crippen LogP contribution < -0.4 is 15.8 Å². The first-order valence-electron chi connectivity index (χ1n) is 7.54. The average molecular weight is 292 g/mol. The summed E-state index contributed by atoms with van der Waals surface area (Å²) in [4.78, 5) is 12.2. The number of amides is 1. The van der Waals surface area contributed by atoms with Gasteiger partial charge in [-0.2, -0.15) is 0 Å². The lowest BCUT2D eigenvalue weighted by Crippen LogP contribution is -2.35. The first kappa shape index (κ1) is 17.5. The van der Waals surface area contributed by atoms with Gasteiger partial charge in [0.1, 0.15) is 5.75 Å². The molecule has 0 aromatic heterocycles. The van der Waals surface area contributed by atoms with Crippen LogP contribution in [0.1, 0.15) is 52.5 Å². The van der Waals surface area contributed by atoms with Crippen LogP contribution in [0.5, 0.6) is 5.75 Å². The van der Waals surface area contributed by atoms with Crippen LogP contribution in [0.4, 0.5) is 5.69 Å². The molecule has 1 amide bonds. The molecule has 4 heteroatoms. The van der Waals surface area contributed by atoms with Gasteiger partial charge in [-0.1, -0.05) is 46.6 Å². The van der Waals surface area contributed by atoms with Crippen molar-refractivity contribution in [1.29, 1.82) is 0 Å². The fourth-order valence-electron chi connectivity index (χ4n) is 2.05. The van der Waals surface area contributed by atoms with Crippen molar-refractivity contribution in [1.82, 2.24) is 0 Å². The van der Waals surface area contributed by atoms with Gasteiger partial charge in [0, 0.05) is 0 Å². The quantitative estimate of drug-likeness (QED) is 0.844. The van der Waals surface area contributed by atoms with E-state index in [9.17, 15) is 4.79 Å². The molecular formula is C17H28N2O2. The van der Waals surface area contributed by atoms with E-state index in [0.29, 0.717) is 17.9 Å². The summed E-state index contributed by atoms with van der Waals surface area (Å²) in [5.74, 6) is 0.492. The Bertz CT molecular complexity index is 478. The number of benzene rings is 1. The molecule has 0 saturated heterocycles. The molecule has 21 heavy (non-hydrogen) atoms. The van der Waals surface area contributed by atoms with Crippen LogP contribution in [-0.4, -0.2) is 19.1 Å². The molecule has 0 unspecified atom stereocenters. The number of hydrogen-bond donors (Lipinski definition) is 2. The maximum Gasteiger partial charge on any atom is 0.241 e. The van der Waals surface area contributed by atoms with E-state index in [1.165, 1.54) is 0 Å². The van der Waals surface area contributed by atoms with Gasteiger partial charge in [-0.25, -0.2) is 0 Å². The van der Waals surface area contributed by atoms with Crippen molar-refractivity contribution in [2.45, 2.75) is 58.4 Å².